The molecule has 4 saturated carbocycles. The van der Waals surface area contributed by atoms with Crippen molar-refractivity contribution in [3.63, 3.8) is 0 Å². The van der Waals surface area contributed by atoms with Gasteiger partial charge in [0.2, 0.25) is 0 Å². The number of fused-ring (bicyclic) bond motifs is 2. The number of allylic oxidation sites excluding steroid dienone is 1. The monoisotopic (exact) mass is 232 g/mol. The maximum absolute atomic E-state index is 12.4. The Morgan fingerprint density at radius 2 is 2.18 bits per heavy atom. The average Bonchev–Trinajstić information content (AvgIpc) is 3.01. The maximum atomic E-state index is 12.4. The summed E-state index contributed by atoms with van der Waals surface area (Å²) in [5.74, 6) is 1.94. The van der Waals surface area contributed by atoms with Gasteiger partial charge in [0, 0.05) is 23.9 Å². The van der Waals surface area contributed by atoms with Crippen molar-refractivity contribution < 1.29 is 9.90 Å². The third-order valence-electron chi connectivity index (χ3n) is 7.01. The molecule has 0 aromatic heterocycles. The summed E-state index contributed by atoms with van der Waals surface area (Å²) < 4.78 is 0. The zero-order chi connectivity index (χ0) is 12.2. The highest BCUT2D eigenvalue weighted by atomic mass is 16.3. The van der Waals surface area contributed by atoms with Crippen LogP contribution in [-0.2, 0) is 4.79 Å². The van der Waals surface area contributed by atoms with Crippen LogP contribution in [0.3, 0.4) is 0 Å². The van der Waals surface area contributed by atoms with Gasteiger partial charge in [-0.25, -0.2) is 0 Å². The van der Waals surface area contributed by atoms with Crippen molar-refractivity contribution in [1.82, 2.24) is 0 Å². The van der Waals surface area contributed by atoms with Crippen LogP contribution in [0.15, 0.2) is 12.2 Å². The van der Waals surface area contributed by atoms with E-state index in [1.54, 1.807) is 0 Å². The molecule has 17 heavy (non-hydrogen) atoms. The quantitative estimate of drug-likeness (QED) is 0.704. The van der Waals surface area contributed by atoms with Gasteiger partial charge in [-0.2, -0.15) is 0 Å². The lowest BCUT2D eigenvalue weighted by molar-refractivity contribution is -0.127. The molecule has 1 N–H and O–H groups in total. The van der Waals surface area contributed by atoms with Gasteiger partial charge >= 0.3 is 0 Å². The van der Waals surface area contributed by atoms with Gasteiger partial charge in [-0.3, -0.25) is 4.79 Å². The fourth-order valence-electron chi connectivity index (χ4n) is 6.06. The van der Waals surface area contributed by atoms with Crippen LogP contribution in [0.5, 0.6) is 0 Å². The van der Waals surface area contributed by atoms with Crippen molar-refractivity contribution in [3.8, 4) is 0 Å². The molecule has 2 nitrogen and oxygen atoms in total. The second-order valence-electron chi connectivity index (χ2n) is 7.14. The lowest BCUT2D eigenvalue weighted by atomic mass is 9.74. The minimum absolute atomic E-state index is 0.00451. The number of rotatable bonds is 1. The summed E-state index contributed by atoms with van der Waals surface area (Å²) >= 11 is 0. The molecular formula is C15H20O2. The van der Waals surface area contributed by atoms with Crippen LogP contribution in [0.1, 0.15) is 33.1 Å². The van der Waals surface area contributed by atoms with Gasteiger partial charge in [-0.1, -0.05) is 26.0 Å². The molecule has 92 valence electrons. The van der Waals surface area contributed by atoms with Crippen molar-refractivity contribution >= 4 is 5.78 Å². The van der Waals surface area contributed by atoms with Gasteiger partial charge in [-0.05, 0) is 36.0 Å². The molecule has 1 spiro atoms. The van der Waals surface area contributed by atoms with E-state index in [1.165, 1.54) is 5.57 Å². The molecule has 0 aromatic rings. The molecule has 4 aliphatic rings. The third kappa shape index (κ3) is 0.706. The summed E-state index contributed by atoms with van der Waals surface area (Å²) in [7, 11) is 0. The van der Waals surface area contributed by atoms with E-state index >= 15 is 0 Å². The first kappa shape index (κ1) is 10.3. The highest BCUT2D eigenvalue weighted by molar-refractivity contribution is 5.94. The predicted octanol–water partition coefficient (Wildman–Crippen LogP) is 2.18. The normalized spacial score (nSPS) is 62.9. The van der Waals surface area contributed by atoms with E-state index < -0.39 is 0 Å². The van der Waals surface area contributed by atoms with E-state index in [-0.39, 0.29) is 22.9 Å². The lowest BCUT2D eigenvalue weighted by Gasteiger charge is -2.28. The second kappa shape index (κ2) is 2.40. The third-order valence-corrected chi connectivity index (χ3v) is 7.01. The number of aliphatic hydroxyl groups excluding tert-OH is 1. The van der Waals surface area contributed by atoms with E-state index in [2.05, 4.69) is 20.4 Å². The molecule has 0 heterocycles. The molecule has 0 aliphatic heterocycles. The summed E-state index contributed by atoms with van der Waals surface area (Å²) in [5, 5.41) is 9.66. The summed E-state index contributed by atoms with van der Waals surface area (Å²) in [5.41, 5.74) is 1.28. The van der Waals surface area contributed by atoms with Gasteiger partial charge in [0.1, 0.15) is 5.78 Å². The lowest BCUT2D eigenvalue weighted by Crippen LogP contribution is -2.29. The van der Waals surface area contributed by atoms with Gasteiger partial charge in [0.05, 0.1) is 0 Å². The van der Waals surface area contributed by atoms with E-state index in [9.17, 15) is 9.90 Å². The molecule has 0 unspecified atom stereocenters. The molecule has 4 fully saturated rings. The van der Waals surface area contributed by atoms with Gasteiger partial charge in [0.25, 0.3) is 0 Å². The number of carbonyl (C=O) groups is 1. The van der Waals surface area contributed by atoms with Gasteiger partial charge in [0.15, 0.2) is 0 Å². The summed E-state index contributed by atoms with van der Waals surface area (Å²) in [6.07, 6.45) is 2.94. The standard InChI is InChI=1S/C15H20O2/c1-8-4-5-10-14(3)11(17)6-9-12(15(8,10)14)13(9,2)7-16/h9-10,12,16H,1,4-7H2,2-3H3/t9-,10-,12+,13+,14+,15+/m0/s1. The molecule has 0 radical (unpaired) electrons. The molecule has 0 amide bonds. The molecule has 2 heteroatoms. The van der Waals surface area contributed by atoms with Crippen LogP contribution in [0.4, 0.5) is 0 Å². The molecule has 0 bridgehead atoms. The molecule has 4 aliphatic carbocycles. The molecule has 6 atom stereocenters. The van der Waals surface area contributed by atoms with Gasteiger partial charge < -0.3 is 5.11 Å². The highest BCUT2D eigenvalue weighted by Gasteiger charge is 2.91. The van der Waals surface area contributed by atoms with Crippen molar-refractivity contribution in [2.45, 2.75) is 33.1 Å². The average molecular weight is 232 g/mol. The van der Waals surface area contributed by atoms with Crippen molar-refractivity contribution in [3.05, 3.63) is 12.2 Å². The zero-order valence-corrected chi connectivity index (χ0v) is 10.6. The molecule has 4 rings (SSSR count). The number of ketones is 1. The number of aliphatic hydroxyl groups is 1. The van der Waals surface area contributed by atoms with Crippen molar-refractivity contribution in [1.29, 1.82) is 0 Å². The first-order valence-electron chi connectivity index (χ1n) is 6.78. The maximum Gasteiger partial charge on any atom is 0.140 e. The minimum atomic E-state index is -0.115. The second-order valence-corrected chi connectivity index (χ2v) is 7.14. The Balaban J connectivity index is 1.88. The van der Waals surface area contributed by atoms with Crippen LogP contribution in [0.2, 0.25) is 0 Å². The molecule has 0 saturated heterocycles. The van der Waals surface area contributed by atoms with Crippen LogP contribution >= 0.6 is 0 Å². The van der Waals surface area contributed by atoms with E-state index in [0.29, 0.717) is 30.0 Å². The van der Waals surface area contributed by atoms with Gasteiger partial charge in [-0.15, -0.1) is 0 Å². The smallest absolute Gasteiger partial charge is 0.140 e. The molecule has 0 aromatic carbocycles. The van der Waals surface area contributed by atoms with E-state index in [1.807, 2.05) is 0 Å². The number of hydrogen-bond donors (Lipinski definition) is 1. The van der Waals surface area contributed by atoms with Crippen molar-refractivity contribution in [2.24, 2.45) is 34.0 Å². The highest BCUT2D eigenvalue weighted by Crippen LogP contribution is 2.92. The summed E-state index contributed by atoms with van der Waals surface area (Å²) in [4.78, 5) is 12.4. The Morgan fingerprint density at radius 1 is 1.47 bits per heavy atom. The molecular weight excluding hydrogens is 212 g/mol. The number of hydrogen-bond acceptors (Lipinski definition) is 2. The summed E-state index contributed by atoms with van der Waals surface area (Å²) in [6, 6.07) is 0. The Hall–Kier alpha value is -0.630. The summed E-state index contributed by atoms with van der Waals surface area (Å²) in [6.45, 7) is 8.83. The predicted molar refractivity (Wildman–Crippen MR) is 64.2 cm³/mol. The Kier molecular flexibility index (Phi) is 1.45. The largest absolute Gasteiger partial charge is 0.396 e. The Labute approximate surface area is 102 Å². The first-order valence-corrected chi connectivity index (χ1v) is 6.78. The number of Topliss-reactive ketones (excluding diaryl/α,β-unsaturated/α-hetero) is 1. The van der Waals surface area contributed by atoms with E-state index in [0.717, 1.165) is 12.8 Å². The first-order chi connectivity index (χ1) is 7.95. The topological polar surface area (TPSA) is 37.3 Å². The van der Waals surface area contributed by atoms with Crippen LogP contribution in [-0.4, -0.2) is 17.5 Å². The van der Waals surface area contributed by atoms with Crippen LogP contribution in [0, 0.1) is 34.0 Å². The van der Waals surface area contributed by atoms with Crippen LogP contribution in [0.25, 0.3) is 0 Å². The fraction of sp³-hybridized carbons (Fsp3) is 0.800. The van der Waals surface area contributed by atoms with Crippen LogP contribution < -0.4 is 0 Å². The van der Waals surface area contributed by atoms with Crippen molar-refractivity contribution in [2.75, 3.05) is 6.61 Å². The minimum Gasteiger partial charge on any atom is -0.396 e. The Morgan fingerprint density at radius 3 is 2.82 bits per heavy atom. The fourth-order valence-corrected chi connectivity index (χ4v) is 6.06. The SMILES string of the molecule is C=C1CC[C@@H]2[C@@]13[C@@H]1[C@H](CC(=O)[C@@]23C)[C@@]1(C)CO. The Bertz CT molecular complexity index is 466. The van der Waals surface area contributed by atoms with E-state index in [4.69, 9.17) is 0 Å². The zero-order valence-electron chi connectivity index (χ0n) is 10.6. The number of carbonyl (C=O) groups excluding carboxylic acids is 1.